The molecular formula is C12H10F6O6S. The third kappa shape index (κ3) is 6.08. The van der Waals surface area contributed by atoms with Gasteiger partial charge in [-0.05, 0) is 18.2 Å². The summed E-state index contributed by atoms with van der Waals surface area (Å²) in [6.07, 6.45) is -13.2. The van der Waals surface area contributed by atoms with Crippen LogP contribution in [0.1, 0.15) is 10.4 Å². The molecule has 1 N–H and O–H groups in total. The number of carbonyl (C=O) groups is 1. The average Bonchev–Trinajstić information content (AvgIpc) is 2.42. The molecule has 0 aliphatic carbocycles. The van der Waals surface area contributed by atoms with Gasteiger partial charge in [-0.25, -0.2) is 17.6 Å². The third-order valence-corrected chi connectivity index (χ3v) is 3.62. The van der Waals surface area contributed by atoms with Crippen LogP contribution in [0.4, 0.5) is 26.3 Å². The lowest BCUT2D eigenvalue weighted by Crippen LogP contribution is -2.40. The maximum atomic E-state index is 13.5. The lowest BCUT2D eigenvalue weighted by atomic mass is 10.2. The molecule has 1 atom stereocenters. The van der Waals surface area contributed by atoms with Gasteiger partial charge in [0.15, 0.2) is 9.84 Å². The molecule has 0 heterocycles. The van der Waals surface area contributed by atoms with Crippen molar-refractivity contribution in [3.63, 3.8) is 0 Å². The number of aromatic carboxylic acids is 1. The first-order valence-corrected chi connectivity index (χ1v) is 7.99. The van der Waals surface area contributed by atoms with Crippen molar-refractivity contribution in [3.8, 4) is 5.75 Å². The number of alkyl halides is 6. The van der Waals surface area contributed by atoms with Crippen LogP contribution in [0.3, 0.4) is 0 Å². The highest BCUT2D eigenvalue weighted by molar-refractivity contribution is 7.90. The Hall–Kier alpha value is -2.02. The first-order chi connectivity index (χ1) is 11.1. The smallest absolute Gasteiger partial charge is 0.456 e. The molecule has 0 fully saturated rings. The Balaban J connectivity index is 3.10. The molecule has 0 aromatic heterocycles. The van der Waals surface area contributed by atoms with E-state index in [4.69, 9.17) is 5.11 Å². The van der Waals surface area contributed by atoms with Crippen molar-refractivity contribution < 1.29 is 54.1 Å². The summed E-state index contributed by atoms with van der Waals surface area (Å²) in [6.45, 7) is -2.33. The molecule has 0 bridgehead atoms. The van der Waals surface area contributed by atoms with E-state index < -0.39 is 57.3 Å². The zero-order valence-electron chi connectivity index (χ0n) is 12.2. The van der Waals surface area contributed by atoms with Crippen LogP contribution in [-0.2, 0) is 14.6 Å². The number of carboxylic acids is 1. The van der Waals surface area contributed by atoms with Crippen molar-refractivity contribution in [2.24, 2.45) is 0 Å². The van der Waals surface area contributed by atoms with E-state index in [9.17, 15) is 39.6 Å². The second-order valence-corrected chi connectivity index (χ2v) is 6.66. The number of rotatable bonds is 7. The maximum Gasteiger partial charge on any atom is 0.456 e. The summed E-state index contributed by atoms with van der Waals surface area (Å²) >= 11 is 0. The van der Waals surface area contributed by atoms with Crippen LogP contribution >= 0.6 is 0 Å². The average molecular weight is 396 g/mol. The Morgan fingerprint density at radius 2 is 1.80 bits per heavy atom. The molecule has 0 saturated carbocycles. The van der Waals surface area contributed by atoms with E-state index in [1.54, 1.807) is 0 Å². The Morgan fingerprint density at radius 3 is 2.24 bits per heavy atom. The van der Waals surface area contributed by atoms with Gasteiger partial charge in [-0.1, -0.05) is 0 Å². The van der Waals surface area contributed by atoms with Gasteiger partial charge in [0.25, 0.3) is 0 Å². The van der Waals surface area contributed by atoms with Gasteiger partial charge < -0.3 is 14.6 Å². The maximum absolute atomic E-state index is 13.5. The van der Waals surface area contributed by atoms with Gasteiger partial charge in [0.1, 0.15) is 17.9 Å². The first-order valence-electron chi connectivity index (χ1n) is 6.10. The SMILES string of the molecule is CS(=O)(=O)c1ccc(OC(F)(F)C(F)OCC(F)(F)F)c(C(=O)O)c1. The number of carboxylic acid groups (broad SMARTS) is 1. The number of sulfone groups is 1. The molecule has 1 rings (SSSR count). The second-order valence-electron chi connectivity index (χ2n) is 4.64. The zero-order valence-corrected chi connectivity index (χ0v) is 13.0. The summed E-state index contributed by atoms with van der Waals surface area (Å²) in [5, 5.41) is 8.91. The number of ether oxygens (including phenoxy) is 2. The normalized spacial score (nSPS) is 14.2. The summed E-state index contributed by atoms with van der Waals surface area (Å²) in [4.78, 5) is 10.5. The highest BCUT2D eigenvalue weighted by Gasteiger charge is 2.47. The molecule has 25 heavy (non-hydrogen) atoms. The van der Waals surface area contributed by atoms with Crippen molar-refractivity contribution in [2.75, 3.05) is 12.9 Å². The van der Waals surface area contributed by atoms with Gasteiger partial charge in [-0.3, -0.25) is 0 Å². The summed E-state index contributed by atoms with van der Waals surface area (Å²) in [7, 11) is -3.89. The van der Waals surface area contributed by atoms with Crippen molar-refractivity contribution in [3.05, 3.63) is 23.8 Å². The zero-order chi connectivity index (χ0) is 19.6. The molecule has 0 radical (unpaired) electrons. The van der Waals surface area contributed by atoms with Crippen LogP contribution in [-0.4, -0.2) is 51.0 Å². The molecule has 1 unspecified atom stereocenters. The second kappa shape index (κ2) is 7.07. The monoisotopic (exact) mass is 396 g/mol. The quantitative estimate of drug-likeness (QED) is 0.713. The van der Waals surface area contributed by atoms with E-state index in [0.29, 0.717) is 24.5 Å². The van der Waals surface area contributed by atoms with Crippen LogP contribution in [0.25, 0.3) is 0 Å². The molecule has 0 spiro atoms. The predicted molar refractivity (Wildman–Crippen MR) is 69.0 cm³/mol. The molecule has 1 aromatic carbocycles. The van der Waals surface area contributed by atoms with E-state index in [1.165, 1.54) is 0 Å². The van der Waals surface area contributed by atoms with E-state index in [1.807, 2.05) is 0 Å². The van der Waals surface area contributed by atoms with Crippen LogP contribution in [0.5, 0.6) is 5.75 Å². The number of benzene rings is 1. The Bertz CT molecular complexity index is 745. The predicted octanol–water partition coefficient (Wildman–Crippen LogP) is 2.63. The van der Waals surface area contributed by atoms with Gasteiger partial charge in [-0.15, -0.1) is 0 Å². The lowest BCUT2D eigenvalue weighted by molar-refractivity contribution is -0.310. The topological polar surface area (TPSA) is 89.9 Å². The van der Waals surface area contributed by atoms with Crippen molar-refractivity contribution in [2.45, 2.75) is 23.5 Å². The molecule has 142 valence electrons. The van der Waals surface area contributed by atoms with Crippen LogP contribution in [0, 0.1) is 0 Å². The standard InChI is InChI=1S/C12H10F6O6S/c1-25(21,22)6-2-3-8(7(4-6)9(19)20)24-12(17,18)10(13)23-5-11(14,15)16/h2-4,10H,5H2,1H3,(H,19,20). The highest BCUT2D eigenvalue weighted by atomic mass is 32.2. The molecule has 0 saturated heterocycles. The molecule has 1 aromatic rings. The van der Waals surface area contributed by atoms with Gasteiger partial charge in [0.05, 0.1) is 4.90 Å². The van der Waals surface area contributed by atoms with E-state index in [2.05, 4.69) is 9.47 Å². The minimum absolute atomic E-state index is 0.479. The number of hydrogen-bond acceptors (Lipinski definition) is 5. The molecule has 0 aliphatic heterocycles. The molecule has 0 amide bonds. The number of halogens is 6. The fourth-order valence-electron chi connectivity index (χ4n) is 1.45. The van der Waals surface area contributed by atoms with E-state index in [0.717, 1.165) is 0 Å². The van der Waals surface area contributed by atoms with Gasteiger partial charge >= 0.3 is 24.6 Å². The van der Waals surface area contributed by atoms with Crippen molar-refractivity contribution in [1.29, 1.82) is 0 Å². The van der Waals surface area contributed by atoms with Gasteiger partial charge in [-0.2, -0.15) is 22.0 Å². The summed E-state index contributed by atoms with van der Waals surface area (Å²) in [6, 6.07) is 1.69. The Morgan fingerprint density at radius 1 is 1.24 bits per heavy atom. The minimum atomic E-state index is -5.08. The highest BCUT2D eigenvalue weighted by Crippen LogP contribution is 2.32. The number of hydrogen-bond donors (Lipinski definition) is 1. The fourth-order valence-corrected chi connectivity index (χ4v) is 2.10. The molecule has 13 heteroatoms. The van der Waals surface area contributed by atoms with Gasteiger partial charge in [0, 0.05) is 6.26 Å². The first kappa shape index (κ1) is 21.0. The minimum Gasteiger partial charge on any atom is -0.478 e. The van der Waals surface area contributed by atoms with Crippen LogP contribution in [0.15, 0.2) is 23.1 Å². The largest absolute Gasteiger partial charge is 0.478 e. The van der Waals surface area contributed by atoms with Crippen LogP contribution in [0.2, 0.25) is 0 Å². The third-order valence-electron chi connectivity index (χ3n) is 2.51. The molecule has 0 aliphatic rings. The summed E-state index contributed by atoms with van der Waals surface area (Å²) in [5.41, 5.74) is -1.06. The van der Waals surface area contributed by atoms with Gasteiger partial charge in [0.2, 0.25) is 0 Å². The summed E-state index contributed by atoms with van der Waals surface area (Å²) in [5.74, 6) is -3.05. The van der Waals surface area contributed by atoms with E-state index >= 15 is 0 Å². The lowest BCUT2D eigenvalue weighted by Gasteiger charge is -2.22. The Kier molecular flexibility index (Phi) is 5.95. The van der Waals surface area contributed by atoms with E-state index in [-0.39, 0.29) is 0 Å². The fraction of sp³-hybridized carbons (Fsp3) is 0.417. The van der Waals surface area contributed by atoms with Crippen molar-refractivity contribution in [1.82, 2.24) is 0 Å². The summed E-state index contributed by atoms with van der Waals surface area (Å²) < 4.78 is 105. The molecular weight excluding hydrogens is 386 g/mol. The van der Waals surface area contributed by atoms with Crippen molar-refractivity contribution >= 4 is 15.8 Å². The van der Waals surface area contributed by atoms with Crippen LogP contribution < -0.4 is 4.74 Å². The molecule has 6 nitrogen and oxygen atoms in total. The Labute approximate surface area is 136 Å².